The summed E-state index contributed by atoms with van der Waals surface area (Å²) in [6, 6.07) is 0. The second-order valence-corrected chi connectivity index (χ2v) is 1.74. The van der Waals surface area contributed by atoms with E-state index in [1.807, 2.05) is 0 Å². The third-order valence-electron chi connectivity index (χ3n) is 0.643. The summed E-state index contributed by atoms with van der Waals surface area (Å²) in [4.78, 5) is 0.856. The van der Waals surface area contributed by atoms with E-state index in [0.717, 1.165) is 11.3 Å². The Morgan fingerprint density at radius 2 is 2.43 bits per heavy atom. The van der Waals surface area contributed by atoms with Gasteiger partial charge in [-0.25, -0.2) is 0 Å². The van der Waals surface area contributed by atoms with Gasteiger partial charge in [0.2, 0.25) is 0 Å². The van der Waals surface area contributed by atoms with Crippen molar-refractivity contribution >= 4 is 29.5 Å². The molecule has 0 N–H and O–H groups in total. The molecule has 1 aliphatic rings. The average molecular weight is 112 g/mol. The van der Waals surface area contributed by atoms with E-state index < -0.39 is 0 Å². The fraction of sp³-hybridized carbons (Fsp3) is 0.250. The summed E-state index contributed by atoms with van der Waals surface area (Å²) in [5.41, 5.74) is 0. The molecular weight excluding hydrogens is 108 g/mol. The van der Waals surface area contributed by atoms with Crippen molar-refractivity contribution < 1.29 is 0 Å². The van der Waals surface area contributed by atoms with Crippen molar-refractivity contribution in [3.05, 3.63) is 0 Å². The van der Waals surface area contributed by atoms with Crippen LogP contribution in [0.1, 0.15) is 6.42 Å². The van der Waals surface area contributed by atoms with Gasteiger partial charge >= 0.3 is 0 Å². The molecule has 2 nitrogen and oxygen atoms in total. The number of nitrogens with zero attached hydrogens (tertiary/aromatic N) is 2. The maximum atomic E-state index is 4.77. The van der Waals surface area contributed by atoms with E-state index in [4.69, 9.17) is 12.2 Å². The van der Waals surface area contributed by atoms with Gasteiger partial charge in [0.05, 0.1) is 6.21 Å². The second kappa shape index (κ2) is 1.93. The third kappa shape index (κ3) is 1.16. The van der Waals surface area contributed by atoms with Crippen LogP contribution in [-0.4, -0.2) is 17.3 Å². The van der Waals surface area contributed by atoms with Crippen molar-refractivity contribution in [3.63, 3.8) is 0 Å². The predicted octanol–water partition coefficient (Wildman–Crippen LogP) is 0.817. The molecule has 1 aliphatic heterocycles. The molecule has 0 unspecified atom stereocenters. The standard InChI is InChI=1S/C4H4N2S/c7-4-1-2-5-6-3-4/h2-3H,1H2. The van der Waals surface area contributed by atoms with E-state index in [1.54, 1.807) is 12.4 Å². The van der Waals surface area contributed by atoms with Crippen LogP contribution >= 0.6 is 12.2 Å². The maximum Gasteiger partial charge on any atom is 0.0638 e. The fourth-order valence-corrected chi connectivity index (χ4v) is 0.450. The van der Waals surface area contributed by atoms with Crippen molar-refractivity contribution in [1.82, 2.24) is 0 Å². The van der Waals surface area contributed by atoms with E-state index >= 15 is 0 Å². The van der Waals surface area contributed by atoms with Gasteiger partial charge in [-0.2, -0.15) is 10.2 Å². The van der Waals surface area contributed by atoms with Crippen LogP contribution in [-0.2, 0) is 0 Å². The third-order valence-corrected chi connectivity index (χ3v) is 0.915. The Morgan fingerprint density at radius 3 is 2.71 bits per heavy atom. The normalized spacial score (nSPS) is 18.0. The smallest absolute Gasteiger partial charge is 0.0638 e. The van der Waals surface area contributed by atoms with Crippen LogP contribution in [0.3, 0.4) is 0 Å². The van der Waals surface area contributed by atoms with E-state index in [1.165, 1.54) is 0 Å². The van der Waals surface area contributed by atoms with Gasteiger partial charge in [-0.3, -0.25) is 0 Å². The number of thiocarbonyl (C=S) groups is 1. The van der Waals surface area contributed by atoms with Gasteiger partial charge in [-0.05, 0) is 0 Å². The predicted molar refractivity (Wildman–Crippen MR) is 34.2 cm³/mol. The highest BCUT2D eigenvalue weighted by molar-refractivity contribution is 7.82. The summed E-state index contributed by atoms with van der Waals surface area (Å²) >= 11 is 4.77. The molecule has 1 heterocycles. The topological polar surface area (TPSA) is 24.7 Å². The summed E-state index contributed by atoms with van der Waals surface area (Å²) in [5.74, 6) is 0. The summed E-state index contributed by atoms with van der Waals surface area (Å²) in [5, 5.41) is 7.15. The molecule has 0 atom stereocenters. The quantitative estimate of drug-likeness (QED) is 0.426. The Hall–Kier alpha value is -0.570. The lowest BCUT2D eigenvalue weighted by atomic mass is 10.3. The molecule has 0 spiro atoms. The lowest BCUT2D eigenvalue weighted by Crippen LogP contribution is -1.99. The fourth-order valence-electron chi connectivity index (χ4n) is 0.328. The van der Waals surface area contributed by atoms with Crippen molar-refractivity contribution in [3.8, 4) is 0 Å². The van der Waals surface area contributed by atoms with Gasteiger partial charge in [-0.15, -0.1) is 0 Å². The van der Waals surface area contributed by atoms with Crippen LogP contribution in [0, 0.1) is 0 Å². The molecule has 7 heavy (non-hydrogen) atoms. The van der Waals surface area contributed by atoms with Crippen LogP contribution in [0.25, 0.3) is 0 Å². The monoisotopic (exact) mass is 112 g/mol. The maximum absolute atomic E-state index is 4.77. The van der Waals surface area contributed by atoms with Gasteiger partial charge in [0.1, 0.15) is 0 Å². The zero-order valence-electron chi connectivity index (χ0n) is 3.66. The molecule has 0 aromatic rings. The number of hydrogen-bond acceptors (Lipinski definition) is 3. The number of hydrogen-bond donors (Lipinski definition) is 0. The van der Waals surface area contributed by atoms with Crippen molar-refractivity contribution in [2.75, 3.05) is 0 Å². The molecule has 3 heteroatoms. The molecule has 0 saturated heterocycles. The highest BCUT2D eigenvalue weighted by Crippen LogP contribution is 1.86. The van der Waals surface area contributed by atoms with Crippen LogP contribution in [0.4, 0.5) is 0 Å². The van der Waals surface area contributed by atoms with E-state index in [9.17, 15) is 0 Å². The summed E-state index contributed by atoms with van der Waals surface area (Å²) < 4.78 is 0. The molecule has 0 aromatic carbocycles. The highest BCUT2D eigenvalue weighted by Gasteiger charge is 1.90. The molecule has 0 fully saturated rings. The van der Waals surface area contributed by atoms with Crippen LogP contribution < -0.4 is 0 Å². The molecule has 36 valence electrons. The first kappa shape index (κ1) is 4.59. The minimum Gasteiger partial charge on any atom is -0.163 e. The molecule has 0 saturated carbocycles. The van der Waals surface area contributed by atoms with Crippen molar-refractivity contribution in [2.24, 2.45) is 10.2 Å². The highest BCUT2D eigenvalue weighted by atomic mass is 32.1. The Bertz CT molecular complexity index is 137. The minimum absolute atomic E-state index is 0.777. The molecule has 0 radical (unpaired) electrons. The summed E-state index contributed by atoms with van der Waals surface area (Å²) in [6.07, 6.45) is 4.07. The second-order valence-electron chi connectivity index (χ2n) is 1.21. The summed E-state index contributed by atoms with van der Waals surface area (Å²) in [7, 11) is 0. The van der Waals surface area contributed by atoms with Crippen LogP contribution in [0.5, 0.6) is 0 Å². The van der Waals surface area contributed by atoms with Crippen LogP contribution in [0.15, 0.2) is 10.2 Å². The SMILES string of the molecule is S=C1C=NN=CC1. The largest absolute Gasteiger partial charge is 0.163 e. The molecular formula is C4H4N2S. The van der Waals surface area contributed by atoms with Gasteiger partial charge < -0.3 is 0 Å². The van der Waals surface area contributed by atoms with Gasteiger partial charge in [-0.1, -0.05) is 12.2 Å². The molecule has 0 aliphatic carbocycles. The van der Waals surface area contributed by atoms with Gasteiger partial charge in [0.25, 0.3) is 0 Å². The lowest BCUT2D eigenvalue weighted by molar-refractivity contribution is 1.25. The Balaban J connectivity index is 2.66. The van der Waals surface area contributed by atoms with E-state index in [2.05, 4.69) is 10.2 Å². The lowest BCUT2D eigenvalue weighted by Gasteiger charge is -1.90. The molecule has 0 amide bonds. The first-order valence-corrected chi connectivity index (χ1v) is 2.38. The summed E-state index contributed by atoms with van der Waals surface area (Å²) in [6.45, 7) is 0. The Kier molecular flexibility index (Phi) is 1.26. The van der Waals surface area contributed by atoms with E-state index in [-0.39, 0.29) is 0 Å². The Labute approximate surface area is 46.9 Å². The van der Waals surface area contributed by atoms with Crippen molar-refractivity contribution in [1.29, 1.82) is 0 Å². The zero-order valence-corrected chi connectivity index (χ0v) is 4.48. The first-order valence-electron chi connectivity index (χ1n) is 1.97. The first-order chi connectivity index (χ1) is 3.39. The average Bonchev–Trinajstić information content (AvgIpc) is 1.69. The molecule has 0 aromatic heterocycles. The van der Waals surface area contributed by atoms with E-state index in [0.29, 0.717) is 0 Å². The zero-order chi connectivity index (χ0) is 5.11. The molecule has 1 rings (SSSR count). The minimum atomic E-state index is 0.777. The van der Waals surface area contributed by atoms with Gasteiger partial charge in [0, 0.05) is 17.5 Å². The van der Waals surface area contributed by atoms with Crippen molar-refractivity contribution in [2.45, 2.75) is 6.42 Å². The number of rotatable bonds is 0. The molecule has 0 bridgehead atoms. The Morgan fingerprint density at radius 1 is 1.57 bits per heavy atom. The van der Waals surface area contributed by atoms with Crippen LogP contribution in [0.2, 0.25) is 0 Å². The van der Waals surface area contributed by atoms with Gasteiger partial charge in [0.15, 0.2) is 0 Å².